The Labute approximate surface area is 83.1 Å². The van der Waals surface area contributed by atoms with Crippen LogP contribution >= 0.6 is 0 Å². The van der Waals surface area contributed by atoms with Crippen LogP contribution in [0.1, 0.15) is 8.29 Å². The standard InChI is InChI=1S/C3H6.C2H3.U.V/c1-3-2;1-2;;/h3H,1H2,2H3;1H,2H2;;/q;-1;;/i1T;;;. The van der Waals surface area contributed by atoms with Crippen LogP contribution in [0.4, 0.5) is 0 Å². The number of hydrogen-bond donors (Lipinski definition) is 0. The summed E-state index contributed by atoms with van der Waals surface area (Å²) in [4.78, 5) is 0. The fourth-order valence-electron chi connectivity index (χ4n) is 0. The molecule has 39 valence electrons. The van der Waals surface area contributed by atoms with E-state index in [-0.39, 0.29) is 49.7 Å². The summed E-state index contributed by atoms with van der Waals surface area (Å²) in [6.45, 7) is 10.1. The van der Waals surface area contributed by atoms with Crippen molar-refractivity contribution >= 4 is 0 Å². The van der Waals surface area contributed by atoms with Gasteiger partial charge in [-0.3, -0.25) is 6.58 Å². The minimum absolute atomic E-state index is 0. The Morgan fingerprint density at radius 3 is 1.86 bits per heavy atom. The molecule has 0 aliphatic carbocycles. The molecule has 0 aromatic heterocycles. The summed E-state index contributed by atoms with van der Waals surface area (Å²) in [6.07, 6.45) is 1.67. The monoisotopic (exact) mass is 360 g/mol. The summed E-state index contributed by atoms with van der Waals surface area (Å²) >= 11 is 0. The Kier molecular flexibility index (Phi) is 133. The van der Waals surface area contributed by atoms with Gasteiger partial charge in [0, 0.05) is 49.7 Å². The second-order valence-corrected chi connectivity index (χ2v) is 0.333. The van der Waals surface area contributed by atoms with Crippen molar-refractivity contribution in [3.8, 4) is 0 Å². The Morgan fingerprint density at radius 1 is 1.71 bits per heavy atom. The van der Waals surface area contributed by atoms with E-state index in [0.717, 1.165) is 0 Å². The number of allylic oxidation sites excluding steroid dienone is 1. The molecular formula is C5H9UV-. The van der Waals surface area contributed by atoms with Crippen molar-refractivity contribution in [3.05, 3.63) is 25.8 Å². The van der Waals surface area contributed by atoms with E-state index in [1.165, 1.54) is 6.55 Å². The first-order valence-corrected chi connectivity index (χ1v) is 1.32. The summed E-state index contributed by atoms with van der Waals surface area (Å²) in [6, 6.07) is 0. The van der Waals surface area contributed by atoms with Crippen LogP contribution in [0.2, 0.25) is 0 Å². The van der Waals surface area contributed by atoms with E-state index >= 15 is 0 Å². The third kappa shape index (κ3) is 149. The van der Waals surface area contributed by atoms with Gasteiger partial charge in [-0.25, -0.2) is 0 Å². The van der Waals surface area contributed by atoms with Crippen molar-refractivity contribution in [2.75, 3.05) is 0 Å². The first-order valence-electron chi connectivity index (χ1n) is 1.90. The van der Waals surface area contributed by atoms with Crippen molar-refractivity contribution in [3.63, 3.8) is 0 Å². The zero-order valence-corrected chi connectivity index (χ0v) is 9.95. The smallest absolute Gasteiger partial charge is 0.0534 e. The minimum atomic E-state index is 0. The molecule has 0 fully saturated rings. The van der Waals surface area contributed by atoms with Crippen LogP contribution in [0.25, 0.3) is 0 Å². The molecule has 0 rings (SSSR count). The molecule has 0 N–H and O–H groups in total. The van der Waals surface area contributed by atoms with Crippen LogP contribution in [0.5, 0.6) is 0 Å². The van der Waals surface area contributed by atoms with Gasteiger partial charge in [-0.05, 0) is 6.92 Å². The molecule has 0 amide bonds. The van der Waals surface area contributed by atoms with E-state index in [0.29, 0.717) is 0 Å². The Morgan fingerprint density at radius 2 is 1.86 bits per heavy atom. The van der Waals surface area contributed by atoms with Gasteiger partial charge in [-0.1, -0.05) is 6.08 Å². The van der Waals surface area contributed by atoms with Gasteiger partial charge in [0.25, 0.3) is 0 Å². The Bertz CT molecular complexity index is 35.4. The third-order valence-electron chi connectivity index (χ3n) is 0. The maximum atomic E-state index is 6.27. The molecule has 0 nitrogen and oxygen atoms in total. The van der Waals surface area contributed by atoms with Gasteiger partial charge in [0.15, 0.2) is 0 Å². The van der Waals surface area contributed by atoms with E-state index in [1.54, 1.807) is 6.08 Å². The predicted octanol–water partition coefficient (Wildman–Crippen LogP) is 1.80. The third-order valence-corrected chi connectivity index (χ3v) is 0. The topological polar surface area (TPSA) is 0 Å². The Balaban J connectivity index is -0.0000000183. The summed E-state index contributed by atoms with van der Waals surface area (Å²) in [5, 5.41) is 0. The number of hydrogen-bond acceptors (Lipinski definition) is 0. The molecule has 2 heteroatoms. The van der Waals surface area contributed by atoms with E-state index in [4.69, 9.17) is 1.37 Å². The maximum Gasteiger partial charge on any atom is 0.0534 e. The molecule has 0 aromatic rings. The molecule has 0 heterocycles. The zero-order valence-electron chi connectivity index (χ0n) is 5.39. The van der Waals surface area contributed by atoms with Gasteiger partial charge in [0.2, 0.25) is 0 Å². The fourth-order valence-corrected chi connectivity index (χ4v) is 0. The van der Waals surface area contributed by atoms with Gasteiger partial charge in [0.1, 0.15) is 0 Å². The molecule has 0 aromatic carbocycles. The summed E-state index contributed by atoms with van der Waals surface area (Å²) in [5.41, 5.74) is 0. The molecule has 0 saturated heterocycles. The zero-order chi connectivity index (χ0) is 5.41. The van der Waals surface area contributed by atoms with E-state index in [1.807, 2.05) is 6.92 Å². The van der Waals surface area contributed by atoms with Crippen molar-refractivity contribution in [1.82, 2.24) is 0 Å². The van der Waals surface area contributed by atoms with E-state index in [9.17, 15) is 0 Å². The maximum absolute atomic E-state index is 6.27. The van der Waals surface area contributed by atoms with Gasteiger partial charge in [-0.15, -0.1) is 6.55 Å². The molecule has 0 spiro atoms. The quantitative estimate of drug-likeness (QED) is 0.457. The second-order valence-electron chi connectivity index (χ2n) is 0.333. The molecule has 1 radical (unpaired) electrons. The largest absolute Gasteiger partial charge is 0.521 e. The fraction of sp³-hybridized carbons (Fsp3) is 0.200. The van der Waals surface area contributed by atoms with Crippen LogP contribution in [-0.2, 0) is 18.6 Å². The van der Waals surface area contributed by atoms with Crippen molar-refractivity contribution in [1.29, 1.82) is 0 Å². The minimum Gasteiger partial charge on any atom is -0.521 e. The van der Waals surface area contributed by atoms with Crippen molar-refractivity contribution in [2.45, 2.75) is 6.92 Å². The SMILES string of the molecule is [3H]C=CC.[CH-]=C.[U].[V]. The van der Waals surface area contributed by atoms with Gasteiger partial charge >= 0.3 is 0 Å². The van der Waals surface area contributed by atoms with Crippen LogP contribution < -0.4 is 0 Å². The predicted molar refractivity (Wildman–Crippen MR) is 25.8 cm³/mol. The van der Waals surface area contributed by atoms with Crippen molar-refractivity contribution < 1.29 is 51.0 Å². The first kappa shape index (κ1) is 15.7. The molecule has 0 unspecified atom stereocenters. The van der Waals surface area contributed by atoms with Gasteiger partial charge in [-0.2, -0.15) is 0 Å². The van der Waals surface area contributed by atoms with E-state index in [2.05, 4.69) is 13.2 Å². The van der Waals surface area contributed by atoms with Crippen molar-refractivity contribution in [2.24, 2.45) is 0 Å². The molecule has 0 aliphatic heterocycles. The molecule has 7 heavy (non-hydrogen) atoms. The van der Waals surface area contributed by atoms with Crippen LogP contribution in [0, 0.1) is 37.7 Å². The first-order chi connectivity index (χ1) is 2.91. The number of rotatable bonds is 0. The molecule has 0 aliphatic rings. The van der Waals surface area contributed by atoms with Crippen LogP contribution in [0.3, 0.4) is 0 Å². The molecule has 0 bridgehead atoms. The average molecular weight is 360 g/mol. The normalized spacial score (nSPS) is 6.14. The molecular weight excluding hydrogens is 349 g/mol. The van der Waals surface area contributed by atoms with Gasteiger partial charge in [0.05, 0.1) is 1.37 Å². The summed E-state index contributed by atoms with van der Waals surface area (Å²) in [5.74, 6) is 0. The second kappa shape index (κ2) is 59.4. The van der Waals surface area contributed by atoms with E-state index < -0.39 is 0 Å². The average Bonchev–Trinajstić information content (AvgIpc) is 1.72. The van der Waals surface area contributed by atoms with Crippen LogP contribution in [-0.4, -0.2) is 0 Å². The molecule has 0 atom stereocenters. The Hall–Kier alpha value is 1.12. The van der Waals surface area contributed by atoms with Gasteiger partial charge < -0.3 is 6.58 Å². The summed E-state index contributed by atoms with van der Waals surface area (Å²) in [7, 11) is 0. The summed E-state index contributed by atoms with van der Waals surface area (Å²) < 4.78 is 6.27. The molecule has 0 saturated carbocycles. The van der Waals surface area contributed by atoms with Crippen LogP contribution in [0.15, 0.2) is 19.2 Å².